The molecule has 1 saturated heterocycles. The normalized spacial score (nSPS) is 38.9. The summed E-state index contributed by atoms with van der Waals surface area (Å²) in [6.45, 7) is 6.02. The Morgan fingerprint density at radius 3 is 2.71 bits per heavy atom. The van der Waals surface area contributed by atoms with Crippen molar-refractivity contribution in [3.8, 4) is 0 Å². The van der Waals surface area contributed by atoms with Crippen LogP contribution in [0, 0.1) is 11.3 Å². The van der Waals surface area contributed by atoms with Crippen LogP contribution >= 0.6 is 15.9 Å². The molecule has 0 aromatic heterocycles. The number of nitrogens with zero attached hydrogens (tertiary/aromatic N) is 1. The highest BCUT2D eigenvalue weighted by Crippen LogP contribution is 2.55. The van der Waals surface area contributed by atoms with Crippen molar-refractivity contribution >= 4 is 21.9 Å². The van der Waals surface area contributed by atoms with Crippen LogP contribution in [-0.4, -0.2) is 41.3 Å². The molecule has 2 aliphatic heterocycles. The SMILES string of the molecule is COC1=C2C(OC(C)=O)C3(C)CCCCC3(O)CN2C=C(Br)C1C. The molecule has 1 N–H and O–H groups in total. The second-order valence-corrected chi connectivity index (χ2v) is 8.38. The molecule has 0 radical (unpaired) electrons. The molecule has 5 nitrogen and oxygen atoms in total. The van der Waals surface area contributed by atoms with Crippen LogP contribution in [0.15, 0.2) is 22.1 Å². The third-order valence-electron chi connectivity index (χ3n) is 6.01. The standard InChI is InChI=1S/C18H26BrNO4/c1-11-13(19)9-20-10-18(22)8-6-5-7-17(18,3)16(24-12(2)21)14(20)15(11)23-4/h9,11,16,22H,5-8,10H2,1-4H3. The number of fused-ring (bicyclic) bond motifs is 2. The molecule has 0 amide bonds. The highest BCUT2D eigenvalue weighted by atomic mass is 79.9. The van der Waals surface area contributed by atoms with Crippen molar-refractivity contribution in [2.45, 2.75) is 58.2 Å². The molecule has 1 saturated carbocycles. The number of piperidine rings is 1. The summed E-state index contributed by atoms with van der Waals surface area (Å²) in [6.07, 6.45) is 5.04. The summed E-state index contributed by atoms with van der Waals surface area (Å²) < 4.78 is 12.5. The molecule has 2 fully saturated rings. The van der Waals surface area contributed by atoms with Gasteiger partial charge in [0.05, 0.1) is 25.0 Å². The Kier molecular flexibility index (Phi) is 4.49. The summed E-state index contributed by atoms with van der Waals surface area (Å²) in [5, 5.41) is 11.4. The maximum absolute atomic E-state index is 11.8. The topological polar surface area (TPSA) is 59.0 Å². The molecular formula is C18H26BrNO4. The Morgan fingerprint density at radius 1 is 1.42 bits per heavy atom. The number of hydrogen-bond acceptors (Lipinski definition) is 5. The Bertz CT molecular complexity index is 616. The third kappa shape index (κ3) is 2.49. The molecule has 0 aromatic carbocycles. The zero-order valence-electron chi connectivity index (χ0n) is 14.8. The number of hydrogen-bond donors (Lipinski definition) is 1. The Hall–Kier alpha value is -1.01. The summed E-state index contributed by atoms with van der Waals surface area (Å²) in [5.41, 5.74) is -0.528. The average Bonchev–Trinajstić information content (AvgIpc) is 2.50. The van der Waals surface area contributed by atoms with Crippen molar-refractivity contribution < 1.29 is 19.4 Å². The fourth-order valence-corrected chi connectivity index (χ4v) is 4.96. The molecule has 4 unspecified atom stereocenters. The van der Waals surface area contributed by atoms with Crippen molar-refractivity contribution in [1.82, 2.24) is 4.90 Å². The molecule has 3 rings (SSSR count). The van der Waals surface area contributed by atoms with Gasteiger partial charge in [-0.3, -0.25) is 4.79 Å². The Labute approximate surface area is 151 Å². The lowest BCUT2D eigenvalue weighted by Gasteiger charge is -2.59. The van der Waals surface area contributed by atoms with Crippen molar-refractivity contribution in [1.29, 1.82) is 0 Å². The fraction of sp³-hybridized carbons (Fsp3) is 0.722. The van der Waals surface area contributed by atoms with Crippen LogP contribution in [0.25, 0.3) is 0 Å². The lowest BCUT2D eigenvalue weighted by molar-refractivity contribution is -0.200. The van der Waals surface area contributed by atoms with Crippen LogP contribution in [0.1, 0.15) is 46.5 Å². The predicted molar refractivity (Wildman–Crippen MR) is 94.0 cm³/mol. The van der Waals surface area contributed by atoms with Gasteiger partial charge in [-0.25, -0.2) is 0 Å². The molecule has 1 aliphatic carbocycles. The van der Waals surface area contributed by atoms with E-state index in [0.717, 1.165) is 35.2 Å². The largest absolute Gasteiger partial charge is 0.498 e. The minimum Gasteiger partial charge on any atom is -0.498 e. The summed E-state index contributed by atoms with van der Waals surface area (Å²) >= 11 is 3.60. The third-order valence-corrected chi connectivity index (χ3v) is 6.90. The molecule has 24 heavy (non-hydrogen) atoms. The quantitative estimate of drug-likeness (QED) is 0.721. The molecule has 3 aliphatic rings. The van der Waals surface area contributed by atoms with Gasteiger partial charge in [-0.15, -0.1) is 0 Å². The van der Waals surface area contributed by atoms with Gasteiger partial charge in [-0.1, -0.05) is 42.6 Å². The number of esters is 1. The smallest absolute Gasteiger partial charge is 0.303 e. The summed E-state index contributed by atoms with van der Waals surface area (Å²) in [7, 11) is 1.65. The Balaban J connectivity index is 2.16. The number of ether oxygens (including phenoxy) is 2. The van der Waals surface area contributed by atoms with Crippen LogP contribution in [-0.2, 0) is 14.3 Å². The van der Waals surface area contributed by atoms with Crippen LogP contribution in [0.2, 0.25) is 0 Å². The van der Waals surface area contributed by atoms with E-state index >= 15 is 0 Å². The predicted octanol–water partition coefficient (Wildman–Crippen LogP) is 3.29. The zero-order valence-corrected chi connectivity index (χ0v) is 16.4. The van der Waals surface area contributed by atoms with Gasteiger partial charge < -0.3 is 19.5 Å². The Morgan fingerprint density at radius 2 is 2.08 bits per heavy atom. The van der Waals surface area contributed by atoms with Gasteiger partial charge in [0.15, 0.2) is 6.10 Å². The van der Waals surface area contributed by atoms with Crippen molar-refractivity contribution in [2.75, 3.05) is 13.7 Å². The van der Waals surface area contributed by atoms with E-state index in [-0.39, 0.29) is 11.9 Å². The van der Waals surface area contributed by atoms with Crippen molar-refractivity contribution in [3.63, 3.8) is 0 Å². The van der Waals surface area contributed by atoms with Gasteiger partial charge in [0.2, 0.25) is 0 Å². The van der Waals surface area contributed by atoms with E-state index in [0.29, 0.717) is 13.0 Å². The molecule has 2 heterocycles. The summed E-state index contributed by atoms with van der Waals surface area (Å²) in [5.74, 6) is 0.516. The zero-order chi connectivity index (χ0) is 17.7. The van der Waals surface area contributed by atoms with Crippen LogP contribution in [0.5, 0.6) is 0 Å². The molecule has 0 aromatic rings. The van der Waals surface area contributed by atoms with Crippen molar-refractivity contribution in [2.24, 2.45) is 11.3 Å². The second kappa shape index (κ2) is 6.06. The van der Waals surface area contributed by atoms with Crippen LogP contribution < -0.4 is 0 Å². The average molecular weight is 400 g/mol. The molecule has 0 bridgehead atoms. The van der Waals surface area contributed by atoms with Gasteiger partial charge >= 0.3 is 5.97 Å². The first-order valence-corrected chi connectivity index (χ1v) is 9.34. The van der Waals surface area contributed by atoms with Crippen molar-refractivity contribution in [3.05, 3.63) is 22.1 Å². The first kappa shape index (κ1) is 17.8. The summed E-state index contributed by atoms with van der Waals surface area (Å²) in [6, 6.07) is 0. The molecule has 134 valence electrons. The number of carbonyl (C=O) groups is 1. The monoisotopic (exact) mass is 399 g/mol. The van der Waals surface area contributed by atoms with Gasteiger partial charge in [0.25, 0.3) is 0 Å². The van der Waals surface area contributed by atoms with Gasteiger partial charge in [0, 0.05) is 28.9 Å². The number of allylic oxidation sites excluding steroid dienone is 1. The number of methoxy groups -OCH3 is 1. The summed E-state index contributed by atoms with van der Waals surface area (Å²) in [4.78, 5) is 13.8. The molecule has 6 heteroatoms. The van der Waals surface area contributed by atoms with Gasteiger partial charge in [-0.2, -0.15) is 0 Å². The van der Waals surface area contributed by atoms with Gasteiger partial charge in [0.1, 0.15) is 5.76 Å². The fourth-order valence-electron chi connectivity index (χ4n) is 4.51. The van der Waals surface area contributed by atoms with E-state index in [1.807, 2.05) is 11.1 Å². The van der Waals surface area contributed by atoms with E-state index in [1.54, 1.807) is 7.11 Å². The number of aliphatic hydroxyl groups is 1. The van der Waals surface area contributed by atoms with E-state index in [1.165, 1.54) is 6.92 Å². The second-order valence-electron chi connectivity index (χ2n) is 7.46. The van der Waals surface area contributed by atoms with E-state index in [4.69, 9.17) is 9.47 Å². The van der Waals surface area contributed by atoms with E-state index in [9.17, 15) is 9.90 Å². The minimum absolute atomic E-state index is 0.0534. The lowest BCUT2D eigenvalue weighted by Crippen LogP contribution is -2.66. The highest BCUT2D eigenvalue weighted by Gasteiger charge is 2.61. The number of rotatable bonds is 2. The van der Waals surface area contributed by atoms with Crippen LogP contribution in [0.3, 0.4) is 0 Å². The minimum atomic E-state index is -0.891. The highest BCUT2D eigenvalue weighted by molar-refractivity contribution is 9.11. The number of carbonyl (C=O) groups excluding carboxylic acids is 1. The molecule has 0 spiro atoms. The maximum atomic E-state index is 11.8. The van der Waals surface area contributed by atoms with Gasteiger partial charge in [-0.05, 0) is 12.8 Å². The molecular weight excluding hydrogens is 374 g/mol. The first-order valence-electron chi connectivity index (χ1n) is 8.55. The molecule has 4 atom stereocenters. The first-order chi connectivity index (χ1) is 11.2. The van der Waals surface area contributed by atoms with E-state index < -0.39 is 17.1 Å². The number of halogens is 1. The maximum Gasteiger partial charge on any atom is 0.303 e. The van der Waals surface area contributed by atoms with E-state index in [2.05, 4.69) is 29.8 Å². The van der Waals surface area contributed by atoms with Crippen LogP contribution in [0.4, 0.5) is 0 Å². The lowest BCUT2D eigenvalue weighted by atomic mass is 9.58.